The molecule has 0 atom stereocenters. The highest BCUT2D eigenvalue weighted by Gasteiger charge is 2.01. The number of ether oxygens (including phenoxy) is 2. The van der Waals surface area contributed by atoms with E-state index in [0.717, 1.165) is 17.5 Å². The fraction of sp³-hybridized carbons (Fsp3) is 0.417. The van der Waals surface area contributed by atoms with Gasteiger partial charge in [0.05, 0.1) is 0 Å². The Kier molecular flexibility index (Phi) is 6.65. The van der Waals surface area contributed by atoms with E-state index in [9.17, 15) is 4.79 Å². The summed E-state index contributed by atoms with van der Waals surface area (Å²) >= 11 is 3.26. The summed E-state index contributed by atoms with van der Waals surface area (Å²) in [6.07, 6.45) is 1.26. The molecule has 0 aliphatic heterocycles. The molecular weight excluding hydrogens is 272 g/mol. The van der Waals surface area contributed by atoms with Crippen molar-refractivity contribution in [1.29, 1.82) is 0 Å². The number of halogens is 1. The van der Waals surface area contributed by atoms with Gasteiger partial charge in [0.25, 0.3) is 0 Å². The minimum absolute atomic E-state index is 0.170. The number of hydrogen-bond donors (Lipinski definition) is 0. The minimum Gasteiger partial charge on any atom is -0.490 e. The third-order valence-electron chi connectivity index (χ3n) is 1.87. The third-order valence-corrected chi connectivity index (χ3v) is 2.43. The molecule has 0 N–H and O–H groups in total. The zero-order chi connectivity index (χ0) is 11.6. The highest BCUT2D eigenvalue weighted by Crippen LogP contribution is 2.07. The zero-order valence-corrected chi connectivity index (χ0v) is 10.6. The average Bonchev–Trinajstić information content (AvgIpc) is 2.33. The van der Waals surface area contributed by atoms with E-state index >= 15 is 0 Å². The molecule has 4 heteroatoms. The van der Waals surface area contributed by atoms with Gasteiger partial charge in [-0.2, -0.15) is 0 Å². The fourth-order valence-electron chi connectivity index (χ4n) is 1.12. The first kappa shape index (κ1) is 13.0. The van der Waals surface area contributed by atoms with Gasteiger partial charge in [0.15, 0.2) is 0 Å². The number of hydrogen-bond acceptors (Lipinski definition) is 3. The highest BCUT2D eigenvalue weighted by atomic mass is 79.9. The molecule has 3 nitrogen and oxygen atoms in total. The SMILES string of the molecule is O=C(CCCBr)OCCOc1ccccc1. The molecule has 1 aromatic rings. The lowest BCUT2D eigenvalue weighted by Crippen LogP contribution is -2.12. The molecule has 0 bridgehead atoms. The van der Waals surface area contributed by atoms with Crippen LogP contribution in [0.2, 0.25) is 0 Å². The predicted molar refractivity (Wildman–Crippen MR) is 65.9 cm³/mol. The van der Waals surface area contributed by atoms with Crippen molar-refractivity contribution >= 4 is 21.9 Å². The first-order valence-corrected chi connectivity index (χ1v) is 6.34. The summed E-state index contributed by atoms with van der Waals surface area (Å²) in [5.41, 5.74) is 0. The van der Waals surface area contributed by atoms with Crippen molar-refractivity contribution in [3.63, 3.8) is 0 Å². The molecule has 0 saturated heterocycles. The number of carbonyl (C=O) groups is 1. The second-order valence-corrected chi connectivity index (χ2v) is 3.97. The molecule has 1 aromatic carbocycles. The molecule has 88 valence electrons. The Morgan fingerprint density at radius 1 is 1.19 bits per heavy atom. The van der Waals surface area contributed by atoms with Gasteiger partial charge in [0.1, 0.15) is 19.0 Å². The van der Waals surface area contributed by atoms with Crippen molar-refractivity contribution in [2.75, 3.05) is 18.5 Å². The number of alkyl halides is 1. The smallest absolute Gasteiger partial charge is 0.305 e. The van der Waals surface area contributed by atoms with Crippen molar-refractivity contribution in [2.45, 2.75) is 12.8 Å². The average molecular weight is 287 g/mol. The second-order valence-electron chi connectivity index (χ2n) is 3.17. The molecule has 0 fully saturated rings. The van der Waals surface area contributed by atoms with Crippen molar-refractivity contribution in [2.24, 2.45) is 0 Å². The first-order valence-electron chi connectivity index (χ1n) is 5.22. The van der Waals surface area contributed by atoms with Gasteiger partial charge in [0.2, 0.25) is 0 Å². The van der Waals surface area contributed by atoms with Crippen LogP contribution in [0.25, 0.3) is 0 Å². The van der Waals surface area contributed by atoms with Gasteiger partial charge >= 0.3 is 5.97 Å². The summed E-state index contributed by atoms with van der Waals surface area (Å²) in [5.74, 6) is 0.620. The number of esters is 1. The van der Waals surface area contributed by atoms with Crippen LogP contribution in [-0.4, -0.2) is 24.5 Å². The topological polar surface area (TPSA) is 35.5 Å². The second kappa shape index (κ2) is 8.16. The Hall–Kier alpha value is -1.03. The summed E-state index contributed by atoms with van der Waals surface area (Å²) in [6.45, 7) is 0.695. The normalized spacial score (nSPS) is 9.81. The monoisotopic (exact) mass is 286 g/mol. The molecule has 0 unspecified atom stereocenters. The molecule has 0 heterocycles. The summed E-state index contributed by atoms with van der Waals surface area (Å²) in [5, 5.41) is 0.822. The van der Waals surface area contributed by atoms with E-state index in [-0.39, 0.29) is 5.97 Å². The van der Waals surface area contributed by atoms with Crippen molar-refractivity contribution in [3.8, 4) is 5.75 Å². The summed E-state index contributed by atoms with van der Waals surface area (Å²) < 4.78 is 10.4. The molecule has 0 amide bonds. The lowest BCUT2D eigenvalue weighted by molar-refractivity contribution is -0.144. The third kappa shape index (κ3) is 5.75. The number of carbonyl (C=O) groups excluding carboxylic acids is 1. The van der Waals surface area contributed by atoms with Gasteiger partial charge in [-0.3, -0.25) is 4.79 Å². The van der Waals surface area contributed by atoms with E-state index in [1.165, 1.54) is 0 Å². The molecule has 0 spiro atoms. The highest BCUT2D eigenvalue weighted by molar-refractivity contribution is 9.09. The fourth-order valence-corrected chi connectivity index (χ4v) is 1.40. The maximum absolute atomic E-state index is 11.1. The summed E-state index contributed by atoms with van der Waals surface area (Å²) in [7, 11) is 0. The number of para-hydroxylation sites is 1. The van der Waals surface area contributed by atoms with Gasteiger partial charge in [-0.25, -0.2) is 0 Å². The lowest BCUT2D eigenvalue weighted by Gasteiger charge is -2.06. The quantitative estimate of drug-likeness (QED) is 0.439. The minimum atomic E-state index is -0.170. The Morgan fingerprint density at radius 3 is 2.62 bits per heavy atom. The van der Waals surface area contributed by atoms with Gasteiger partial charge in [0, 0.05) is 11.8 Å². The zero-order valence-electron chi connectivity index (χ0n) is 9.02. The van der Waals surface area contributed by atoms with Crippen LogP contribution in [0.5, 0.6) is 5.75 Å². The molecule has 0 aliphatic rings. The summed E-state index contributed by atoms with van der Waals surface area (Å²) in [4.78, 5) is 11.1. The van der Waals surface area contributed by atoms with E-state index in [2.05, 4.69) is 15.9 Å². The number of benzene rings is 1. The molecular formula is C12H15BrO3. The van der Waals surface area contributed by atoms with Crippen molar-refractivity contribution in [3.05, 3.63) is 30.3 Å². The van der Waals surface area contributed by atoms with Crippen molar-refractivity contribution < 1.29 is 14.3 Å². The molecule has 0 aromatic heterocycles. The van der Waals surface area contributed by atoms with Crippen LogP contribution in [-0.2, 0) is 9.53 Å². The summed E-state index contributed by atoms with van der Waals surface area (Å²) in [6, 6.07) is 9.46. The Labute approximate surface area is 104 Å². The molecule has 0 aliphatic carbocycles. The van der Waals surface area contributed by atoms with E-state index in [0.29, 0.717) is 19.6 Å². The van der Waals surface area contributed by atoms with Crippen LogP contribution < -0.4 is 4.74 Å². The first-order chi connectivity index (χ1) is 7.83. The van der Waals surface area contributed by atoms with Gasteiger partial charge in [-0.05, 0) is 18.6 Å². The standard InChI is InChI=1S/C12H15BrO3/c13-8-4-7-12(14)16-10-9-15-11-5-2-1-3-6-11/h1-3,5-6H,4,7-10H2. The molecule has 1 rings (SSSR count). The maximum Gasteiger partial charge on any atom is 0.305 e. The van der Waals surface area contributed by atoms with Crippen LogP contribution in [0.15, 0.2) is 30.3 Å². The van der Waals surface area contributed by atoms with E-state index in [1.807, 2.05) is 30.3 Å². The molecule has 0 saturated carbocycles. The Morgan fingerprint density at radius 2 is 1.94 bits per heavy atom. The lowest BCUT2D eigenvalue weighted by atomic mass is 10.3. The van der Waals surface area contributed by atoms with E-state index < -0.39 is 0 Å². The largest absolute Gasteiger partial charge is 0.490 e. The molecule has 16 heavy (non-hydrogen) atoms. The van der Waals surface area contributed by atoms with Crippen LogP contribution >= 0.6 is 15.9 Å². The molecule has 0 radical (unpaired) electrons. The Bertz CT molecular complexity index is 300. The van der Waals surface area contributed by atoms with Crippen LogP contribution in [0.3, 0.4) is 0 Å². The van der Waals surface area contributed by atoms with Crippen LogP contribution in [0.1, 0.15) is 12.8 Å². The van der Waals surface area contributed by atoms with Crippen LogP contribution in [0, 0.1) is 0 Å². The van der Waals surface area contributed by atoms with E-state index in [4.69, 9.17) is 9.47 Å². The number of rotatable bonds is 7. The Balaban J connectivity index is 2.06. The van der Waals surface area contributed by atoms with E-state index in [1.54, 1.807) is 0 Å². The van der Waals surface area contributed by atoms with Crippen molar-refractivity contribution in [1.82, 2.24) is 0 Å². The van der Waals surface area contributed by atoms with Gasteiger partial charge in [-0.1, -0.05) is 34.1 Å². The predicted octanol–water partition coefficient (Wildman–Crippen LogP) is 2.78. The van der Waals surface area contributed by atoms with Crippen LogP contribution in [0.4, 0.5) is 0 Å². The van der Waals surface area contributed by atoms with Gasteiger partial charge < -0.3 is 9.47 Å². The van der Waals surface area contributed by atoms with Gasteiger partial charge in [-0.15, -0.1) is 0 Å². The maximum atomic E-state index is 11.1.